The molecule has 2 saturated carbocycles. The van der Waals surface area contributed by atoms with Crippen LogP contribution in [-0.4, -0.2) is 18.2 Å². The van der Waals surface area contributed by atoms with E-state index in [2.05, 4.69) is 13.8 Å². The minimum Gasteiger partial charge on any atom is -0.330 e. The average molecular weight is 353 g/mol. The van der Waals surface area contributed by atoms with Crippen molar-refractivity contribution in [2.24, 2.45) is 46.1 Å². The number of rotatable bonds is 8. The van der Waals surface area contributed by atoms with E-state index in [1.54, 1.807) is 0 Å². The summed E-state index contributed by atoms with van der Waals surface area (Å²) in [5, 5.41) is 0. The Bertz CT molecular complexity index is 387. The summed E-state index contributed by atoms with van der Waals surface area (Å²) >= 11 is 0. The molecule has 25 heavy (non-hydrogen) atoms. The molecule has 148 valence electrons. The fourth-order valence-electron chi connectivity index (χ4n) is 5.54. The first-order valence-electron chi connectivity index (χ1n) is 10.8. The molecule has 0 aromatic carbocycles. The van der Waals surface area contributed by atoms with Crippen LogP contribution >= 0.6 is 0 Å². The lowest BCUT2D eigenvalue weighted by molar-refractivity contribution is 0.0142. The molecule has 3 atom stereocenters. The van der Waals surface area contributed by atoms with E-state index < -0.39 is 5.66 Å². The Morgan fingerprint density at radius 2 is 1.60 bits per heavy atom. The first kappa shape index (κ1) is 21.1. The van der Waals surface area contributed by atoms with Gasteiger partial charge in [0.15, 0.2) is 0 Å². The Kier molecular flexibility index (Phi) is 7.75. The van der Waals surface area contributed by atoms with Gasteiger partial charge in [-0.05, 0) is 61.8 Å². The van der Waals surface area contributed by atoms with Gasteiger partial charge in [0.25, 0.3) is 0 Å². The molecule has 0 aromatic rings. The van der Waals surface area contributed by atoms with Gasteiger partial charge in [0.1, 0.15) is 0 Å². The third-order valence-corrected chi connectivity index (χ3v) is 7.44. The van der Waals surface area contributed by atoms with Gasteiger partial charge in [-0.2, -0.15) is 0 Å². The van der Waals surface area contributed by atoms with Crippen molar-refractivity contribution in [3.63, 3.8) is 0 Å². The quantitative estimate of drug-likeness (QED) is 0.396. The van der Waals surface area contributed by atoms with Crippen molar-refractivity contribution in [3.8, 4) is 0 Å². The fraction of sp³-hybridized carbons (Fsp3) is 1.00. The monoisotopic (exact) mass is 352 g/mol. The van der Waals surface area contributed by atoms with Gasteiger partial charge in [0.2, 0.25) is 0 Å². The molecule has 0 aromatic heterocycles. The minimum atomic E-state index is -0.536. The molecule has 0 saturated heterocycles. The van der Waals surface area contributed by atoms with Gasteiger partial charge in [0.05, 0.1) is 5.66 Å². The molecule has 0 radical (unpaired) electrons. The summed E-state index contributed by atoms with van der Waals surface area (Å²) in [6.45, 7) is 5.31. The van der Waals surface area contributed by atoms with E-state index in [0.29, 0.717) is 17.9 Å². The average Bonchev–Trinajstić information content (AvgIpc) is 2.56. The van der Waals surface area contributed by atoms with Crippen LogP contribution in [0.25, 0.3) is 0 Å². The van der Waals surface area contributed by atoms with E-state index >= 15 is 0 Å². The summed E-state index contributed by atoms with van der Waals surface area (Å²) in [7, 11) is 0. The summed E-state index contributed by atoms with van der Waals surface area (Å²) < 4.78 is 0. The molecule has 3 unspecified atom stereocenters. The predicted octanol–water partition coefficient (Wildman–Crippen LogP) is 3.47. The fourth-order valence-corrected chi connectivity index (χ4v) is 5.54. The van der Waals surface area contributed by atoms with Crippen molar-refractivity contribution in [3.05, 3.63) is 0 Å². The largest absolute Gasteiger partial charge is 0.330 e. The van der Waals surface area contributed by atoms with Gasteiger partial charge in [-0.25, -0.2) is 0 Å². The third kappa shape index (κ3) is 5.41. The van der Waals surface area contributed by atoms with Crippen molar-refractivity contribution < 1.29 is 0 Å². The highest BCUT2D eigenvalue weighted by Gasteiger charge is 2.47. The van der Waals surface area contributed by atoms with Crippen molar-refractivity contribution in [1.82, 2.24) is 0 Å². The molecule has 4 nitrogen and oxygen atoms in total. The van der Waals surface area contributed by atoms with E-state index in [0.717, 1.165) is 44.6 Å². The molecular weight excluding hydrogens is 308 g/mol. The van der Waals surface area contributed by atoms with Crippen LogP contribution in [0.2, 0.25) is 0 Å². The number of nitrogens with two attached hydrogens (primary N) is 4. The van der Waals surface area contributed by atoms with Gasteiger partial charge < -0.3 is 22.9 Å². The van der Waals surface area contributed by atoms with Crippen LogP contribution in [0, 0.1) is 23.2 Å². The molecule has 4 heteroatoms. The molecule has 2 aliphatic carbocycles. The van der Waals surface area contributed by atoms with Gasteiger partial charge in [-0.1, -0.05) is 58.8 Å². The van der Waals surface area contributed by atoms with E-state index in [-0.39, 0.29) is 5.41 Å². The van der Waals surface area contributed by atoms with Crippen LogP contribution in [0.15, 0.2) is 0 Å². The second-order valence-electron chi connectivity index (χ2n) is 9.70. The third-order valence-electron chi connectivity index (χ3n) is 7.44. The zero-order valence-corrected chi connectivity index (χ0v) is 16.8. The number of unbranched alkanes of at least 4 members (excludes halogenated alkanes) is 2. The maximum Gasteiger partial charge on any atom is 0.0689 e. The summed E-state index contributed by atoms with van der Waals surface area (Å²) in [5.41, 5.74) is 24.8. The lowest BCUT2D eigenvalue weighted by Gasteiger charge is -2.52. The Morgan fingerprint density at radius 1 is 0.920 bits per heavy atom. The summed E-state index contributed by atoms with van der Waals surface area (Å²) in [6.07, 6.45) is 14.8. The second kappa shape index (κ2) is 9.16. The van der Waals surface area contributed by atoms with E-state index in [1.165, 1.54) is 44.9 Å². The SMILES string of the molecule is CC1(C)CC(C(C(N)CCCCCN)C2CCCCC2)CCC1(N)N. The molecule has 0 amide bonds. The molecule has 2 fully saturated rings. The Balaban J connectivity index is 2.06. The maximum atomic E-state index is 6.82. The molecule has 0 aliphatic heterocycles. The Hall–Kier alpha value is -0.160. The molecule has 0 heterocycles. The lowest BCUT2D eigenvalue weighted by atomic mass is 9.58. The van der Waals surface area contributed by atoms with Crippen LogP contribution in [0.4, 0.5) is 0 Å². The zero-order valence-electron chi connectivity index (χ0n) is 16.8. The van der Waals surface area contributed by atoms with Crippen LogP contribution in [0.3, 0.4) is 0 Å². The molecule has 8 N–H and O–H groups in total. The topological polar surface area (TPSA) is 104 Å². The summed E-state index contributed by atoms with van der Waals surface area (Å²) in [4.78, 5) is 0. The second-order valence-corrected chi connectivity index (χ2v) is 9.70. The van der Waals surface area contributed by atoms with Crippen molar-refractivity contribution in [2.75, 3.05) is 6.54 Å². The van der Waals surface area contributed by atoms with Gasteiger partial charge >= 0.3 is 0 Å². The molecule has 2 rings (SSSR count). The number of hydrogen-bond acceptors (Lipinski definition) is 4. The van der Waals surface area contributed by atoms with Gasteiger partial charge in [-0.15, -0.1) is 0 Å². The highest BCUT2D eigenvalue weighted by molar-refractivity contribution is 5.01. The molecule has 0 spiro atoms. The van der Waals surface area contributed by atoms with E-state index in [1.807, 2.05) is 0 Å². The van der Waals surface area contributed by atoms with Gasteiger partial charge in [-0.3, -0.25) is 0 Å². The van der Waals surface area contributed by atoms with Crippen LogP contribution < -0.4 is 22.9 Å². The highest BCUT2D eigenvalue weighted by Crippen LogP contribution is 2.49. The first-order valence-corrected chi connectivity index (χ1v) is 10.8. The maximum absolute atomic E-state index is 6.82. The highest BCUT2D eigenvalue weighted by atomic mass is 15.0. The minimum absolute atomic E-state index is 0.0118. The molecule has 0 bridgehead atoms. The smallest absolute Gasteiger partial charge is 0.0689 e. The summed E-state index contributed by atoms with van der Waals surface area (Å²) in [6, 6.07) is 0.324. The van der Waals surface area contributed by atoms with Crippen molar-refractivity contribution in [2.45, 2.75) is 103 Å². The summed E-state index contributed by atoms with van der Waals surface area (Å²) in [5.74, 6) is 2.14. The predicted molar refractivity (Wildman–Crippen MR) is 108 cm³/mol. The normalized spacial score (nSPS) is 29.3. The van der Waals surface area contributed by atoms with Crippen LogP contribution in [0.1, 0.15) is 90.9 Å². The lowest BCUT2D eigenvalue weighted by Crippen LogP contribution is -2.63. The molecular formula is C21H44N4. The van der Waals surface area contributed by atoms with Crippen LogP contribution in [0.5, 0.6) is 0 Å². The standard InChI is InChI=1S/C21H44N4/c1-20(2)15-17(12-13-21(20,24)25)19(16-9-5-3-6-10-16)18(23)11-7-4-8-14-22/h16-19H,3-15,22-25H2,1-2H3. The molecule has 2 aliphatic rings. The van der Waals surface area contributed by atoms with E-state index in [4.69, 9.17) is 22.9 Å². The zero-order chi connectivity index (χ0) is 18.5. The van der Waals surface area contributed by atoms with Crippen LogP contribution in [-0.2, 0) is 0 Å². The Labute approximate surface area is 155 Å². The Morgan fingerprint density at radius 3 is 2.20 bits per heavy atom. The van der Waals surface area contributed by atoms with E-state index in [9.17, 15) is 0 Å². The number of hydrogen-bond donors (Lipinski definition) is 4. The van der Waals surface area contributed by atoms with Gasteiger partial charge in [0, 0.05) is 6.04 Å². The van der Waals surface area contributed by atoms with Crippen molar-refractivity contribution in [1.29, 1.82) is 0 Å². The van der Waals surface area contributed by atoms with Crippen molar-refractivity contribution >= 4 is 0 Å². The first-order chi connectivity index (χ1) is 11.8.